The molecule has 1 aromatic carbocycles. The number of amides is 1. The summed E-state index contributed by atoms with van der Waals surface area (Å²) in [6, 6.07) is 6.01. The zero-order chi connectivity index (χ0) is 35.6. The van der Waals surface area contributed by atoms with Crippen molar-refractivity contribution in [2.45, 2.75) is 131 Å². The van der Waals surface area contributed by atoms with Crippen LogP contribution in [0.15, 0.2) is 24.4 Å². The number of halogens is 3. The zero-order valence-electron chi connectivity index (χ0n) is 31.0. The normalized spacial score (nSPS) is 17.6. The van der Waals surface area contributed by atoms with Gasteiger partial charge in [0.15, 0.2) is 0 Å². The van der Waals surface area contributed by atoms with Crippen molar-refractivity contribution < 1.29 is 22.7 Å². The van der Waals surface area contributed by atoms with Gasteiger partial charge in [0.2, 0.25) is 0 Å². The molecule has 11 heteroatoms. The van der Waals surface area contributed by atoms with E-state index in [2.05, 4.69) is 81.4 Å². The van der Waals surface area contributed by atoms with Gasteiger partial charge in [0, 0.05) is 8.07 Å². The molecule has 0 aliphatic carbocycles. The third-order valence-corrected chi connectivity index (χ3v) is 27.4. The number of nitrogens with zero attached hydrogens (tertiary/aromatic N) is 3. The van der Waals surface area contributed by atoms with E-state index >= 15 is 4.39 Å². The molecule has 0 unspecified atom stereocenters. The van der Waals surface area contributed by atoms with Crippen molar-refractivity contribution in [3.63, 3.8) is 0 Å². The van der Waals surface area contributed by atoms with Crippen molar-refractivity contribution in [3.05, 3.63) is 41.3 Å². The Labute approximate surface area is 293 Å². The van der Waals surface area contributed by atoms with Crippen LogP contribution in [0.5, 0.6) is 5.88 Å². The van der Waals surface area contributed by atoms with E-state index in [4.69, 9.17) is 4.74 Å². The second-order valence-corrected chi connectivity index (χ2v) is 34.0. The summed E-state index contributed by atoms with van der Waals surface area (Å²) in [6.07, 6.45) is 4.66. The Morgan fingerprint density at radius 2 is 1.56 bits per heavy atom. The Hall–Kier alpha value is -1.79. The number of unbranched alkanes of at least 4 members (excludes halogenated alkanes) is 3. The summed E-state index contributed by atoms with van der Waals surface area (Å²) in [5.74, 6) is -0.750. The van der Waals surface area contributed by atoms with Gasteiger partial charge in [0.1, 0.15) is 0 Å². The van der Waals surface area contributed by atoms with Crippen LogP contribution in [0.3, 0.4) is 0 Å². The van der Waals surface area contributed by atoms with Crippen molar-refractivity contribution in [1.82, 2.24) is 9.88 Å². The van der Waals surface area contributed by atoms with Crippen molar-refractivity contribution >= 4 is 47.3 Å². The van der Waals surface area contributed by atoms with Gasteiger partial charge in [-0.15, -0.1) is 0 Å². The number of rotatable bonds is 18. The Kier molecular flexibility index (Phi) is 15.6. The van der Waals surface area contributed by atoms with Gasteiger partial charge in [-0.1, -0.05) is 19.6 Å². The molecule has 3 rings (SSSR count). The number of hydrogen-bond acceptors (Lipinski definition) is 5. The summed E-state index contributed by atoms with van der Waals surface area (Å²) in [5.41, 5.74) is 0.494. The Balaban J connectivity index is 2.13. The number of alkyl halides is 2. The van der Waals surface area contributed by atoms with Crippen LogP contribution in [0.4, 0.5) is 24.5 Å². The molecule has 2 aromatic rings. The van der Waals surface area contributed by atoms with E-state index in [1.165, 1.54) is 12.3 Å². The standard InChI is InChI=1S/C25H34F3N4O2Si.3C4H9.Sn/c1-16-14-32(15-17(2)31(16)3)22-11-18(26)7-8-21(22)30-25(33)20-13-29-23(12-19(20)24(27)28)34-9-10-35(4,5)6;3*1-3-4-2;/h8,11-13,16-17,24H,9-10,14-15H2,1-6H3,(H,30,33);3*1,3-4H2,2H3;/t16-,17+;;;;. The molecule has 1 aliphatic heterocycles. The Morgan fingerprint density at radius 3 is 2.06 bits per heavy atom. The van der Waals surface area contributed by atoms with Gasteiger partial charge in [-0.2, -0.15) is 0 Å². The first-order chi connectivity index (χ1) is 22.7. The number of likely N-dealkylation sites (N-methyl/N-ethyl adjacent to an activating group) is 1. The van der Waals surface area contributed by atoms with Crippen molar-refractivity contribution in [2.75, 3.05) is 37.0 Å². The molecule has 1 aromatic heterocycles. The molecular weight excluding hydrogens is 736 g/mol. The van der Waals surface area contributed by atoms with Crippen LogP contribution in [0.2, 0.25) is 39.0 Å². The van der Waals surface area contributed by atoms with Crippen LogP contribution in [-0.2, 0) is 0 Å². The number of piperazine rings is 1. The molecule has 2 heterocycles. The molecule has 0 saturated carbocycles. The van der Waals surface area contributed by atoms with E-state index in [1.54, 1.807) is 6.07 Å². The van der Waals surface area contributed by atoms with E-state index in [-0.39, 0.29) is 29.3 Å². The summed E-state index contributed by atoms with van der Waals surface area (Å²) in [5, 5.41) is 3.01. The summed E-state index contributed by atoms with van der Waals surface area (Å²) in [6.45, 7) is 19.2. The topological polar surface area (TPSA) is 57.7 Å². The maximum absolute atomic E-state index is 16.7. The molecule has 2 atom stereocenters. The molecule has 1 amide bonds. The second kappa shape index (κ2) is 18.4. The first kappa shape index (κ1) is 40.6. The molecule has 270 valence electrons. The summed E-state index contributed by atoms with van der Waals surface area (Å²) in [7, 11) is 0.701. The number of ether oxygens (including phenoxy) is 1. The number of carbonyl (C=O) groups excluding carboxylic acids is 1. The van der Waals surface area contributed by atoms with Gasteiger partial charge in [0.25, 0.3) is 0 Å². The fourth-order valence-corrected chi connectivity index (χ4v) is 23.7. The molecule has 0 bridgehead atoms. The van der Waals surface area contributed by atoms with Crippen LogP contribution in [0.1, 0.15) is 95.5 Å². The molecule has 0 spiro atoms. The summed E-state index contributed by atoms with van der Waals surface area (Å²) < 4.78 is 55.3. The predicted octanol–water partition coefficient (Wildman–Crippen LogP) is 9.71. The van der Waals surface area contributed by atoms with Crippen molar-refractivity contribution in [1.29, 1.82) is 0 Å². The van der Waals surface area contributed by atoms with E-state index in [0.717, 1.165) is 61.5 Å². The number of hydrogen-bond donors (Lipinski definition) is 1. The maximum atomic E-state index is 16.7. The average molecular weight is 798 g/mol. The first-order valence-corrected chi connectivity index (χ1v) is 29.4. The van der Waals surface area contributed by atoms with Crippen LogP contribution >= 0.6 is 0 Å². The predicted molar refractivity (Wildman–Crippen MR) is 201 cm³/mol. The molecular formula is C37H61F3N4O2SiSn. The Morgan fingerprint density at radius 1 is 1.00 bits per heavy atom. The molecule has 1 saturated heterocycles. The molecule has 1 N–H and O–H groups in total. The fraction of sp³-hybridized carbons (Fsp3) is 0.676. The molecule has 0 radical (unpaired) electrons. The van der Waals surface area contributed by atoms with Gasteiger partial charge in [-0.3, -0.25) is 0 Å². The number of carbonyl (C=O) groups is 1. The van der Waals surface area contributed by atoms with E-state index < -0.39 is 44.3 Å². The number of nitrogens with one attached hydrogen (secondary N) is 1. The number of pyridine rings is 1. The van der Waals surface area contributed by atoms with Gasteiger partial charge in [-0.05, 0) is 0 Å². The molecule has 1 aliphatic rings. The number of benzene rings is 1. The van der Waals surface area contributed by atoms with Gasteiger partial charge in [0.05, 0.1) is 0 Å². The van der Waals surface area contributed by atoms with Crippen LogP contribution in [0, 0.1) is 5.82 Å². The summed E-state index contributed by atoms with van der Waals surface area (Å²) >= 11 is -3.30. The molecule has 1 fully saturated rings. The second-order valence-electron chi connectivity index (χ2n) is 15.2. The monoisotopic (exact) mass is 798 g/mol. The average Bonchev–Trinajstić information content (AvgIpc) is 3.03. The number of aromatic nitrogens is 1. The quantitative estimate of drug-likeness (QED) is 0.152. The SMILES string of the molecule is CCC[CH2][Sn]([CH2]CCC)([CH2]CCC)[c]1cc(NC(=O)c2cnc(OCC[Si](C)(C)C)cc2C(F)F)c(N2C[C@@H](C)N(C)[C@@H](C)C2)cc1F. The third kappa shape index (κ3) is 10.9. The van der Waals surface area contributed by atoms with E-state index in [9.17, 15) is 13.6 Å². The van der Waals surface area contributed by atoms with E-state index in [1.807, 2.05) is 6.07 Å². The van der Waals surface area contributed by atoms with Gasteiger partial charge < -0.3 is 0 Å². The van der Waals surface area contributed by atoms with Crippen molar-refractivity contribution in [3.8, 4) is 5.88 Å². The molecule has 48 heavy (non-hydrogen) atoms. The first-order valence-electron chi connectivity index (χ1n) is 18.2. The number of anilines is 2. The van der Waals surface area contributed by atoms with Crippen molar-refractivity contribution in [2.24, 2.45) is 0 Å². The minimum atomic E-state index is -3.30. The van der Waals surface area contributed by atoms with E-state index in [0.29, 0.717) is 31.1 Å². The van der Waals surface area contributed by atoms with Crippen LogP contribution in [-0.4, -0.2) is 81.1 Å². The minimum absolute atomic E-state index is 0.0897. The van der Waals surface area contributed by atoms with Gasteiger partial charge in [-0.25, -0.2) is 0 Å². The third-order valence-electron chi connectivity index (χ3n) is 10.1. The fourth-order valence-electron chi connectivity index (χ4n) is 6.81. The van der Waals surface area contributed by atoms with Crippen LogP contribution < -0.4 is 18.5 Å². The van der Waals surface area contributed by atoms with Crippen LogP contribution in [0.25, 0.3) is 0 Å². The summed E-state index contributed by atoms with van der Waals surface area (Å²) in [4.78, 5) is 22.6. The Bertz CT molecular complexity index is 1310. The zero-order valence-corrected chi connectivity index (χ0v) is 34.9. The molecule has 6 nitrogen and oxygen atoms in total. The van der Waals surface area contributed by atoms with Gasteiger partial charge >= 0.3 is 267 Å².